The molecule has 24 heavy (non-hydrogen) atoms. The molecule has 3 heterocycles. The van der Waals surface area contributed by atoms with E-state index in [1.807, 2.05) is 24.4 Å². The van der Waals surface area contributed by atoms with Crippen molar-refractivity contribution in [1.29, 1.82) is 0 Å². The highest BCUT2D eigenvalue weighted by molar-refractivity contribution is 5.81. The van der Waals surface area contributed by atoms with Gasteiger partial charge in [-0.25, -0.2) is 14.4 Å². The Labute approximate surface area is 141 Å². The molecule has 1 aliphatic rings. The minimum absolute atomic E-state index is 0.291. The summed E-state index contributed by atoms with van der Waals surface area (Å²) in [5, 5.41) is 0.810. The third-order valence-electron chi connectivity index (χ3n) is 4.93. The van der Waals surface area contributed by atoms with Gasteiger partial charge in [0.2, 0.25) is 0 Å². The molecule has 1 aliphatic heterocycles. The number of hydrogen-bond donors (Lipinski definition) is 0. The van der Waals surface area contributed by atoms with Gasteiger partial charge in [0.1, 0.15) is 17.0 Å². The Hall–Kier alpha value is -2.27. The van der Waals surface area contributed by atoms with Gasteiger partial charge in [0, 0.05) is 30.4 Å². The lowest BCUT2D eigenvalue weighted by Crippen LogP contribution is -2.32. The van der Waals surface area contributed by atoms with Crippen LogP contribution in [-0.2, 0) is 6.54 Å². The molecule has 4 nitrogen and oxygen atoms in total. The summed E-state index contributed by atoms with van der Waals surface area (Å²) in [6.07, 6.45) is 6.26. The zero-order valence-corrected chi connectivity index (χ0v) is 13.8. The molecule has 3 aromatic rings. The summed E-state index contributed by atoms with van der Waals surface area (Å²) in [5.74, 6) is 0.517. The zero-order valence-electron chi connectivity index (χ0n) is 13.8. The van der Waals surface area contributed by atoms with Crippen LogP contribution < -0.4 is 0 Å². The van der Waals surface area contributed by atoms with Crippen molar-refractivity contribution in [2.45, 2.75) is 32.4 Å². The Kier molecular flexibility index (Phi) is 4.02. The topological polar surface area (TPSA) is 34.0 Å². The lowest BCUT2D eigenvalue weighted by Gasteiger charge is -2.23. The minimum Gasteiger partial charge on any atom is -0.328 e. The molecule has 0 radical (unpaired) electrons. The fourth-order valence-corrected chi connectivity index (χ4v) is 3.67. The quantitative estimate of drug-likeness (QED) is 0.733. The summed E-state index contributed by atoms with van der Waals surface area (Å²) < 4.78 is 16.2. The molecular weight excluding hydrogens is 303 g/mol. The number of hydrogen-bond acceptors (Lipinski definition) is 3. The van der Waals surface area contributed by atoms with Crippen molar-refractivity contribution in [3.63, 3.8) is 0 Å². The molecule has 5 heteroatoms. The van der Waals surface area contributed by atoms with Crippen LogP contribution in [0.3, 0.4) is 0 Å². The van der Waals surface area contributed by atoms with Crippen molar-refractivity contribution in [3.8, 4) is 11.5 Å². The Morgan fingerprint density at radius 2 is 2.17 bits per heavy atom. The number of nitrogens with zero attached hydrogens (tertiary/aromatic N) is 4. The van der Waals surface area contributed by atoms with Gasteiger partial charge in [0.25, 0.3) is 0 Å². The standard InChI is InChI=1S/C19H21FN4/c1-2-23-11-4-6-15(23)13-24-12-10-21-19(24)17-9-8-14-5-3-7-16(20)18(14)22-17/h3,5,7-10,12,15H,2,4,6,11,13H2,1H3. The van der Waals surface area contributed by atoms with Crippen molar-refractivity contribution in [2.75, 3.05) is 13.1 Å². The smallest absolute Gasteiger partial charge is 0.158 e. The van der Waals surface area contributed by atoms with Crippen LogP contribution in [0.5, 0.6) is 0 Å². The third kappa shape index (κ3) is 2.69. The van der Waals surface area contributed by atoms with Gasteiger partial charge in [-0.3, -0.25) is 4.90 Å². The van der Waals surface area contributed by atoms with Gasteiger partial charge in [-0.1, -0.05) is 25.1 Å². The Morgan fingerprint density at radius 3 is 3.04 bits per heavy atom. The predicted molar refractivity (Wildman–Crippen MR) is 93.2 cm³/mol. The molecule has 0 bridgehead atoms. The first kappa shape index (κ1) is 15.3. The molecule has 0 N–H and O–H groups in total. The summed E-state index contributed by atoms with van der Waals surface area (Å²) in [7, 11) is 0. The summed E-state index contributed by atoms with van der Waals surface area (Å²) in [6, 6.07) is 9.41. The third-order valence-corrected chi connectivity index (χ3v) is 4.93. The second-order valence-electron chi connectivity index (χ2n) is 6.34. The highest BCUT2D eigenvalue weighted by atomic mass is 19.1. The molecule has 2 aromatic heterocycles. The molecule has 1 aromatic carbocycles. The Bertz CT molecular complexity index is 857. The van der Waals surface area contributed by atoms with Gasteiger partial charge in [-0.2, -0.15) is 0 Å². The number of halogens is 1. The molecular formula is C19H21FN4. The summed E-state index contributed by atoms with van der Waals surface area (Å²) in [6.45, 7) is 5.36. The highest BCUT2D eigenvalue weighted by Crippen LogP contribution is 2.24. The van der Waals surface area contributed by atoms with Crippen LogP contribution in [0.2, 0.25) is 0 Å². The van der Waals surface area contributed by atoms with Crippen LogP contribution in [0.4, 0.5) is 4.39 Å². The predicted octanol–water partition coefficient (Wildman–Crippen LogP) is 3.72. The maximum atomic E-state index is 14.0. The number of likely N-dealkylation sites (N-methyl/N-ethyl adjacent to an activating group) is 1. The summed E-state index contributed by atoms with van der Waals surface area (Å²) >= 11 is 0. The van der Waals surface area contributed by atoms with Gasteiger partial charge in [-0.05, 0) is 38.1 Å². The number of rotatable bonds is 4. The van der Waals surface area contributed by atoms with Crippen molar-refractivity contribution >= 4 is 10.9 Å². The Morgan fingerprint density at radius 1 is 1.25 bits per heavy atom. The van der Waals surface area contributed by atoms with Crippen molar-refractivity contribution < 1.29 is 4.39 Å². The van der Waals surface area contributed by atoms with Gasteiger partial charge >= 0.3 is 0 Å². The normalized spacial score (nSPS) is 18.5. The zero-order chi connectivity index (χ0) is 16.5. The molecule has 1 fully saturated rings. The van der Waals surface area contributed by atoms with Crippen molar-refractivity contribution in [2.24, 2.45) is 0 Å². The van der Waals surface area contributed by atoms with Crippen LogP contribution >= 0.6 is 0 Å². The number of likely N-dealkylation sites (tertiary alicyclic amines) is 1. The number of benzene rings is 1. The number of para-hydroxylation sites is 1. The lowest BCUT2D eigenvalue weighted by atomic mass is 10.2. The maximum absolute atomic E-state index is 14.0. The average molecular weight is 324 g/mol. The van der Waals surface area contributed by atoms with E-state index in [1.165, 1.54) is 25.5 Å². The summed E-state index contributed by atoms with van der Waals surface area (Å²) in [4.78, 5) is 11.5. The largest absolute Gasteiger partial charge is 0.328 e. The van der Waals surface area contributed by atoms with E-state index in [-0.39, 0.29) is 5.82 Å². The fraction of sp³-hybridized carbons (Fsp3) is 0.368. The second kappa shape index (κ2) is 6.32. The highest BCUT2D eigenvalue weighted by Gasteiger charge is 2.24. The molecule has 4 rings (SSSR count). The number of imidazole rings is 1. The average Bonchev–Trinajstić information content (AvgIpc) is 3.24. The van der Waals surface area contributed by atoms with E-state index >= 15 is 0 Å². The second-order valence-corrected chi connectivity index (χ2v) is 6.34. The van der Waals surface area contributed by atoms with Gasteiger partial charge in [0.05, 0.1) is 0 Å². The van der Waals surface area contributed by atoms with Gasteiger partial charge in [-0.15, -0.1) is 0 Å². The van der Waals surface area contributed by atoms with E-state index in [0.717, 1.165) is 30.0 Å². The van der Waals surface area contributed by atoms with E-state index in [4.69, 9.17) is 0 Å². The number of aromatic nitrogens is 3. The van der Waals surface area contributed by atoms with Crippen molar-refractivity contribution in [1.82, 2.24) is 19.4 Å². The number of pyridine rings is 1. The minimum atomic E-state index is -0.291. The monoisotopic (exact) mass is 324 g/mol. The van der Waals surface area contributed by atoms with Gasteiger partial charge in [0.15, 0.2) is 5.82 Å². The van der Waals surface area contributed by atoms with Crippen LogP contribution in [0.25, 0.3) is 22.4 Å². The maximum Gasteiger partial charge on any atom is 0.158 e. The molecule has 0 aliphatic carbocycles. The van der Waals surface area contributed by atoms with Crippen molar-refractivity contribution in [3.05, 3.63) is 48.5 Å². The first-order chi connectivity index (χ1) is 11.8. The molecule has 0 saturated carbocycles. The molecule has 1 unspecified atom stereocenters. The van der Waals surface area contributed by atoms with Gasteiger partial charge < -0.3 is 4.57 Å². The number of fused-ring (bicyclic) bond motifs is 1. The van der Waals surface area contributed by atoms with Crippen LogP contribution in [-0.4, -0.2) is 38.6 Å². The van der Waals surface area contributed by atoms with E-state index in [2.05, 4.69) is 26.4 Å². The van der Waals surface area contributed by atoms with Crippen LogP contribution in [0, 0.1) is 5.82 Å². The molecule has 0 spiro atoms. The molecule has 1 saturated heterocycles. The van der Waals surface area contributed by atoms with E-state index in [0.29, 0.717) is 11.6 Å². The molecule has 0 amide bonds. The van der Waals surface area contributed by atoms with E-state index in [9.17, 15) is 4.39 Å². The molecule has 124 valence electrons. The first-order valence-electron chi connectivity index (χ1n) is 8.57. The van der Waals surface area contributed by atoms with Crippen LogP contribution in [0.15, 0.2) is 42.7 Å². The van der Waals surface area contributed by atoms with E-state index < -0.39 is 0 Å². The SMILES string of the molecule is CCN1CCCC1Cn1ccnc1-c1ccc2cccc(F)c2n1. The molecule has 1 atom stereocenters. The first-order valence-corrected chi connectivity index (χ1v) is 8.57. The van der Waals surface area contributed by atoms with E-state index in [1.54, 1.807) is 12.3 Å². The fourth-order valence-electron chi connectivity index (χ4n) is 3.67. The van der Waals surface area contributed by atoms with Crippen LogP contribution in [0.1, 0.15) is 19.8 Å². The summed E-state index contributed by atoms with van der Waals surface area (Å²) in [5.41, 5.74) is 1.12. The lowest BCUT2D eigenvalue weighted by molar-refractivity contribution is 0.245. The Balaban J connectivity index is 1.68.